The summed E-state index contributed by atoms with van der Waals surface area (Å²) in [7, 11) is 0. The summed E-state index contributed by atoms with van der Waals surface area (Å²) in [5.74, 6) is 3.25. The van der Waals surface area contributed by atoms with Crippen LogP contribution in [0.4, 0.5) is 0 Å². The van der Waals surface area contributed by atoms with Crippen molar-refractivity contribution in [3.63, 3.8) is 0 Å². The van der Waals surface area contributed by atoms with E-state index in [0.717, 1.165) is 11.8 Å². The Hall–Kier alpha value is -0.570. The number of carbonyl (C=O) groups excluding carboxylic acids is 1. The molecule has 3 nitrogen and oxygen atoms in total. The smallest absolute Gasteiger partial charge is 0.217 e. The van der Waals surface area contributed by atoms with E-state index in [1.807, 2.05) is 0 Å². The normalized spacial score (nSPS) is 49.4. The molecule has 16 heavy (non-hydrogen) atoms. The molecule has 90 valence electrons. The lowest BCUT2D eigenvalue weighted by molar-refractivity contribution is -0.129. The Balaban J connectivity index is 1.90. The van der Waals surface area contributed by atoms with Crippen molar-refractivity contribution in [3.05, 3.63) is 0 Å². The molecule has 3 N–H and O–H groups in total. The minimum Gasteiger partial charge on any atom is -0.349 e. The second-order valence-electron chi connectivity index (χ2n) is 6.23. The third-order valence-corrected chi connectivity index (χ3v) is 5.34. The molecule has 1 amide bonds. The Morgan fingerprint density at radius 3 is 2.06 bits per heavy atom. The molecule has 0 aromatic heterocycles. The van der Waals surface area contributed by atoms with Gasteiger partial charge in [-0.3, -0.25) is 4.79 Å². The maximum atomic E-state index is 11.4. The van der Waals surface area contributed by atoms with Crippen LogP contribution in [-0.2, 0) is 4.79 Å². The van der Waals surface area contributed by atoms with E-state index in [0.29, 0.717) is 18.4 Å². The first-order valence-corrected chi connectivity index (χ1v) is 6.63. The topological polar surface area (TPSA) is 55.1 Å². The van der Waals surface area contributed by atoms with Gasteiger partial charge in [0.15, 0.2) is 0 Å². The molecular formula is C13H22N2O. The van der Waals surface area contributed by atoms with Crippen LogP contribution in [0.3, 0.4) is 0 Å². The molecule has 0 heterocycles. The average Bonchev–Trinajstić information content (AvgIpc) is 2.22. The molecular weight excluding hydrogens is 200 g/mol. The molecule has 0 radical (unpaired) electrons. The van der Waals surface area contributed by atoms with Gasteiger partial charge in [-0.2, -0.15) is 0 Å². The molecule has 4 aliphatic carbocycles. The van der Waals surface area contributed by atoms with Crippen molar-refractivity contribution in [3.8, 4) is 0 Å². The van der Waals surface area contributed by atoms with Crippen LogP contribution >= 0.6 is 0 Å². The van der Waals surface area contributed by atoms with Gasteiger partial charge >= 0.3 is 0 Å². The quantitative estimate of drug-likeness (QED) is 0.739. The molecule has 4 aliphatic rings. The zero-order chi connectivity index (χ0) is 11.3. The van der Waals surface area contributed by atoms with Crippen LogP contribution in [0.2, 0.25) is 0 Å². The van der Waals surface area contributed by atoms with Gasteiger partial charge in [0.2, 0.25) is 5.91 Å². The molecule has 0 saturated heterocycles. The molecule has 4 bridgehead atoms. The van der Waals surface area contributed by atoms with Crippen LogP contribution in [-0.4, -0.2) is 18.0 Å². The van der Waals surface area contributed by atoms with E-state index in [1.54, 1.807) is 6.92 Å². The first-order valence-electron chi connectivity index (χ1n) is 6.63. The zero-order valence-corrected chi connectivity index (χ0v) is 10.0. The standard InChI is InChI=1S/C13H22N2O/c1-8(16)15-13(7-14)11-3-9-2-10(5-11)6-12(13)4-9/h9-12H,2-7,14H2,1H3,(H,15,16). The van der Waals surface area contributed by atoms with Gasteiger partial charge in [-0.05, 0) is 55.8 Å². The van der Waals surface area contributed by atoms with E-state index < -0.39 is 0 Å². The molecule has 0 aliphatic heterocycles. The molecule has 3 heteroatoms. The van der Waals surface area contributed by atoms with Crippen molar-refractivity contribution >= 4 is 5.91 Å². The minimum atomic E-state index is -0.0563. The van der Waals surface area contributed by atoms with Gasteiger partial charge in [0.05, 0.1) is 5.54 Å². The first-order chi connectivity index (χ1) is 7.64. The SMILES string of the molecule is CC(=O)NC1(CN)C2CC3CC(C2)CC1C3. The number of amides is 1. The highest BCUT2D eigenvalue weighted by molar-refractivity contribution is 5.74. The van der Waals surface area contributed by atoms with Crippen LogP contribution in [0.5, 0.6) is 0 Å². The number of hydrogen-bond acceptors (Lipinski definition) is 2. The first kappa shape index (κ1) is 10.6. The second-order valence-corrected chi connectivity index (χ2v) is 6.23. The fraction of sp³-hybridized carbons (Fsp3) is 0.923. The van der Waals surface area contributed by atoms with Gasteiger partial charge < -0.3 is 11.1 Å². The largest absolute Gasteiger partial charge is 0.349 e. The number of nitrogens with two attached hydrogens (primary N) is 1. The maximum Gasteiger partial charge on any atom is 0.217 e. The third kappa shape index (κ3) is 1.33. The van der Waals surface area contributed by atoms with Crippen molar-refractivity contribution in [2.45, 2.75) is 44.6 Å². The van der Waals surface area contributed by atoms with Gasteiger partial charge in [-0.1, -0.05) is 0 Å². The van der Waals surface area contributed by atoms with Crippen LogP contribution < -0.4 is 11.1 Å². The summed E-state index contributed by atoms with van der Waals surface area (Å²) < 4.78 is 0. The predicted octanol–water partition coefficient (Wildman–Crippen LogP) is 1.28. The van der Waals surface area contributed by atoms with E-state index >= 15 is 0 Å². The van der Waals surface area contributed by atoms with E-state index in [1.165, 1.54) is 32.1 Å². The molecule has 0 spiro atoms. The van der Waals surface area contributed by atoms with Gasteiger partial charge in [0.25, 0.3) is 0 Å². The third-order valence-electron chi connectivity index (χ3n) is 5.34. The molecule has 0 atom stereocenters. The van der Waals surface area contributed by atoms with Crippen molar-refractivity contribution in [1.82, 2.24) is 5.32 Å². The molecule has 4 saturated carbocycles. The van der Waals surface area contributed by atoms with Crippen LogP contribution in [0.15, 0.2) is 0 Å². The fourth-order valence-electron chi connectivity index (χ4n) is 4.94. The zero-order valence-electron chi connectivity index (χ0n) is 10.0. The van der Waals surface area contributed by atoms with Gasteiger partial charge in [0, 0.05) is 13.5 Å². The highest BCUT2D eigenvalue weighted by atomic mass is 16.1. The monoisotopic (exact) mass is 222 g/mol. The summed E-state index contributed by atoms with van der Waals surface area (Å²) in [5, 5.41) is 3.22. The van der Waals surface area contributed by atoms with Crippen molar-refractivity contribution in [2.75, 3.05) is 6.54 Å². The summed E-state index contributed by atoms with van der Waals surface area (Å²) in [4.78, 5) is 11.4. The molecule has 0 aromatic carbocycles. The maximum absolute atomic E-state index is 11.4. The summed E-state index contributed by atoms with van der Waals surface area (Å²) in [6.45, 7) is 2.25. The lowest BCUT2D eigenvalue weighted by atomic mass is 9.48. The average molecular weight is 222 g/mol. The number of nitrogens with one attached hydrogen (secondary N) is 1. The van der Waals surface area contributed by atoms with Crippen molar-refractivity contribution < 1.29 is 4.79 Å². The lowest BCUT2D eigenvalue weighted by Crippen LogP contribution is -2.69. The van der Waals surface area contributed by atoms with Crippen LogP contribution in [0.25, 0.3) is 0 Å². The minimum absolute atomic E-state index is 0.0563. The molecule has 4 fully saturated rings. The Morgan fingerprint density at radius 1 is 1.19 bits per heavy atom. The number of rotatable bonds is 2. The number of hydrogen-bond donors (Lipinski definition) is 2. The Labute approximate surface area is 97.2 Å². The Bertz CT molecular complexity index is 285. The van der Waals surface area contributed by atoms with Crippen LogP contribution in [0, 0.1) is 23.7 Å². The fourth-order valence-corrected chi connectivity index (χ4v) is 4.94. The van der Waals surface area contributed by atoms with Crippen molar-refractivity contribution in [2.24, 2.45) is 29.4 Å². The van der Waals surface area contributed by atoms with E-state index in [2.05, 4.69) is 5.32 Å². The van der Waals surface area contributed by atoms with Gasteiger partial charge in [-0.15, -0.1) is 0 Å². The summed E-state index contributed by atoms with van der Waals surface area (Å²) in [5.41, 5.74) is 5.97. The van der Waals surface area contributed by atoms with Gasteiger partial charge in [0.1, 0.15) is 0 Å². The highest BCUT2D eigenvalue weighted by Crippen LogP contribution is 2.57. The lowest BCUT2D eigenvalue weighted by Gasteiger charge is -2.61. The van der Waals surface area contributed by atoms with E-state index in [9.17, 15) is 4.79 Å². The van der Waals surface area contributed by atoms with Crippen molar-refractivity contribution in [1.29, 1.82) is 0 Å². The number of carbonyl (C=O) groups is 1. The van der Waals surface area contributed by atoms with E-state index in [-0.39, 0.29) is 11.4 Å². The molecule has 0 aromatic rings. The molecule has 0 unspecified atom stereocenters. The predicted molar refractivity (Wildman–Crippen MR) is 62.6 cm³/mol. The van der Waals surface area contributed by atoms with Crippen LogP contribution in [0.1, 0.15) is 39.0 Å². The highest BCUT2D eigenvalue weighted by Gasteiger charge is 2.56. The Kier molecular flexibility index (Phi) is 2.29. The summed E-state index contributed by atoms with van der Waals surface area (Å²) in [6.07, 6.45) is 6.62. The Morgan fingerprint density at radius 2 is 1.69 bits per heavy atom. The van der Waals surface area contributed by atoms with E-state index in [4.69, 9.17) is 5.73 Å². The van der Waals surface area contributed by atoms with Gasteiger partial charge in [-0.25, -0.2) is 0 Å². The second kappa shape index (κ2) is 3.46. The molecule has 4 rings (SSSR count). The summed E-state index contributed by atoms with van der Waals surface area (Å²) in [6, 6.07) is 0. The summed E-state index contributed by atoms with van der Waals surface area (Å²) >= 11 is 0.